The molecule has 0 aliphatic carbocycles. The standard InChI is InChI=1S/C18H17FN4O2S/c19-13-1-2-15-14(8-13)11(9-21-15)3-5-23-10-12(7-16(23)24)17(25)22-18-20-4-6-26-18/h1-2,4,6,8-9,12,21H,3,5,7,10H2,(H,20,22,25). The molecule has 8 heteroatoms. The van der Waals surface area contributed by atoms with Gasteiger partial charge in [-0.05, 0) is 30.2 Å². The molecule has 0 saturated carbocycles. The Labute approximate surface area is 153 Å². The zero-order valence-electron chi connectivity index (χ0n) is 13.9. The summed E-state index contributed by atoms with van der Waals surface area (Å²) in [6.07, 6.45) is 4.28. The maximum Gasteiger partial charge on any atom is 0.231 e. The van der Waals surface area contributed by atoms with Crippen LogP contribution >= 0.6 is 11.3 Å². The van der Waals surface area contributed by atoms with Gasteiger partial charge >= 0.3 is 0 Å². The van der Waals surface area contributed by atoms with Crippen LogP contribution in [0, 0.1) is 11.7 Å². The molecule has 3 heterocycles. The molecule has 0 bridgehead atoms. The number of carbonyl (C=O) groups excluding carboxylic acids is 2. The number of nitrogens with one attached hydrogen (secondary N) is 2. The number of aromatic amines is 1. The first-order chi connectivity index (χ1) is 12.6. The Morgan fingerprint density at radius 2 is 2.35 bits per heavy atom. The number of anilines is 1. The molecule has 1 aromatic carbocycles. The van der Waals surface area contributed by atoms with E-state index in [0.29, 0.717) is 24.6 Å². The monoisotopic (exact) mass is 372 g/mol. The highest BCUT2D eigenvalue weighted by Gasteiger charge is 2.34. The number of likely N-dealkylation sites (tertiary alicyclic amines) is 1. The van der Waals surface area contributed by atoms with Gasteiger partial charge in [0.2, 0.25) is 11.8 Å². The second kappa shape index (κ2) is 6.87. The van der Waals surface area contributed by atoms with Crippen molar-refractivity contribution in [1.82, 2.24) is 14.9 Å². The van der Waals surface area contributed by atoms with E-state index in [1.54, 1.807) is 22.5 Å². The van der Waals surface area contributed by atoms with Gasteiger partial charge in [0, 0.05) is 48.2 Å². The van der Waals surface area contributed by atoms with Crippen LogP contribution in [0.5, 0.6) is 0 Å². The SMILES string of the molecule is O=C(Nc1nccs1)C1CC(=O)N(CCc2c[nH]c3ccc(F)cc23)C1. The number of H-pyrrole nitrogens is 1. The van der Waals surface area contributed by atoms with E-state index in [1.165, 1.54) is 23.5 Å². The first-order valence-electron chi connectivity index (χ1n) is 8.34. The zero-order valence-corrected chi connectivity index (χ0v) is 14.7. The van der Waals surface area contributed by atoms with Crippen molar-refractivity contribution in [3.8, 4) is 0 Å². The molecule has 2 amide bonds. The van der Waals surface area contributed by atoms with Crippen molar-refractivity contribution in [1.29, 1.82) is 0 Å². The van der Waals surface area contributed by atoms with E-state index in [2.05, 4.69) is 15.3 Å². The van der Waals surface area contributed by atoms with Crippen LogP contribution in [0.4, 0.5) is 9.52 Å². The Kier molecular flexibility index (Phi) is 4.42. The Morgan fingerprint density at radius 1 is 1.46 bits per heavy atom. The van der Waals surface area contributed by atoms with Crippen LogP contribution in [-0.4, -0.2) is 39.8 Å². The van der Waals surface area contributed by atoms with Crippen molar-refractivity contribution in [2.45, 2.75) is 12.8 Å². The molecule has 0 radical (unpaired) electrons. The predicted octanol–water partition coefficient (Wildman–Crippen LogP) is 2.79. The van der Waals surface area contributed by atoms with E-state index >= 15 is 0 Å². The fraction of sp³-hybridized carbons (Fsp3) is 0.278. The van der Waals surface area contributed by atoms with Gasteiger partial charge in [-0.2, -0.15) is 0 Å². The fourth-order valence-corrected chi connectivity index (χ4v) is 3.80. The van der Waals surface area contributed by atoms with Gasteiger partial charge in [0.1, 0.15) is 5.82 Å². The van der Waals surface area contributed by atoms with Gasteiger partial charge in [0.05, 0.1) is 5.92 Å². The molecule has 4 rings (SSSR count). The molecule has 1 unspecified atom stereocenters. The number of fused-ring (bicyclic) bond motifs is 1. The molecular weight excluding hydrogens is 355 g/mol. The molecule has 1 atom stereocenters. The van der Waals surface area contributed by atoms with Gasteiger partial charge < -0.3 is 15.2 Å². The summed E-state index contributed by atoms with van der Waals surface area (Å²) in [6, 6.07) is 4.61. The van der Waals surface area contributed by atoms with Crippen LogP contribution in [0.2, 0.25) is 0 Å². The van der Waals surface area contributed by atoms with E-state index in [1.807, 2.05) is 6.20 Å². The first-order valence-corrected chi connectivity index (χ1v) is 9.22. The molecule has 2 N–H and O–H groups in total. The van der Waals surface area contributed by atoms with Crippen LogP contribution in [0.25, 0.3) is 10.9 Å². The van der Waals surface area contributed by atoms with E-state index in [4.69, 9.17) is 0 Å². The Balaban J connectivity index is 1.38. The summed E-state index contributed by atoms with van der Waals surface area (Å²) in [5, 5.41) is 5.90. The van der Waals surface area contributed by atoms with Gasteiger partial charge in [0.25, 0.3) is 0 Å². The summed E-state index contributed by atoms with van der Waals surface area (Å²) >= 11 is 1.35. The van der Waals surface area contributed by atoms with Crippen molar-refractivity contribution >= 4 is 39.2 Å². The maximum atomic E-state index is 13.5. The molecule has 3 aromatic rings. The van der Waals surface area contributed by atoms with Crippen molar-refractivity contribution in [3.63, 3.8) is 0 Å². The third-order valence-electron chi connectivity index (χ3n) is 4.63. The lowest BCUT2D eigenvalue weighted by Crippen LogP contribution is -2.29. The van der Waals surface area contributed by atoms with E-state index < -0.39 is 0 Å². The quantitative estimate of drug-likeness (QED) is 0.723. The average Bonchev–Trinajstić information content (AvgIpc) is 3.33. The molecule has 1 fully saturated rings. The zero-order chi connectivity index (χ0) is 18.1. The third-order valence-corrected chi connectivity index (χ3v) is 5.32. The van der Waals surface area contributed by atoms with Crippen molar-refractivity contribution < 1.29 is 14.0 Å². The summed E-state index contributed by atoms with van der Waals surface area (Å²) in [4.78, 5) is 33.4. The van der Waals surface area contributed by atoms with Crippen LogP contribution in [0.15, 0.2) is 36.0 Å². The van der Waals surface area contributed by atoms with E-state index in [-0.39, 0.29) is 30.0 Å². The number of hydrogen-bond donors (Lipinski definition) is 2. The molecule has 0 spiro atoms. The molecule has 134 valence electrons. The predicted molar refractivity (Wildman–Crippen MR) is 97.4 cm³/mol. The van der Waals surface area contributed by atoms with Crippen LogP contribution < -0.4 is 5.32 Å². The maximum absolute atomic E-state index is 13.5. The average molecular weight is 372 g/mol. The molecule has 1 saturated heterocycles. The highest BCUT2D eigenvalue weighted by molar-refractivity contribution is 7.13. The van der Waals surface area contributed by atoms with E-state index in [0.717, 1.165) is 16.5 Å². The highest BCUT2D eigenvalue weighted by Crippen LogP contribution is 2.23. The van der Waals surface area contributed by atoms with E-state index in [9.17, 15) is 14.0 Å². The van der Waals surface area contributed by atoms with Gasteiger partial charge in [-0.3, -0.25) is 9.59 Å². The highest BCUT2D eigenvalue weighted by atomic mass is 32.1. The lowest BCUT2D eigenvalue weighted by molar-refractivity contribution is -0.128. The minimum atomic E-state index is -0.369. The van der Waals surface area contributed by atoms with Crippen molar-refractivity contribution in [3.05, 3.63) is 47.4 Å². The fourth-order valence-electron chi connectivity index (χ4n) is 3.27. The Morgan fingerprint density at radius 3 is 3.15 bits per heavy atom. The van der Waals surface area contributed by atoms with Gasteiger partial charge in [-0.25, -0.2) is 9.37 Å². The molecule has 1 aliphatic heterocycles. The second-order valence-electron chi connectivity index (χ2n) is 6.32. The van der Waals surface area contributed by atoms with Gasteiger partial charge in [-0.1, -0.05) is 0 Å². The molecule has 1 aliphatic rings. The second-order valence-corrected chi connectivity index (χ2v) is 7.22. The van der Waals surface area contributed by atoms with Crippen molar-refractivity contribution in [2.24, 2.45) is 5.92 Å². The number of nitrogens with zero attached hydrogens (tertiary/aromatic N) is 2. The summed E-state index contributed by atoms with van der Waals surface area (Å²) in [5.74, 6) is -0.860. The molecule has 26 heavy (non-hydrogen) atoms. The Hall–Kier alpha value is -2.74. The number of aromatic nitrogens is 2. The van der Waals surface area contributed by atoms with Gasteiger partial charge in [-0.15, -0.1) is 11.3 Å². The third kappa shape index (κ3) is 3.32. The minimum absolute atomic E-state index is 0.0321. The topological polar surface area (TPSA) is 78.1 Å². The van der Waals surface area contributed by atoms with Crippen LogP contribution in [0.1, 0.15) is 12.0 Å². The lowest BCUT2D eigenvalue weighted by atomic mass is 10.1. The largest absolute Gasteiger partial charge is 0.361 e. The van der Waals surface area contributed by atoms with Crippen LogP contribution in [0.3, 0.4) is 0 Å². The summed E-state index contributed by atoms with van der Waals surface area (Å²) < 4.78 is 13.5. The van der Waals surface area contributed by atoms with Crippen LogP contribution in [-0.2, 0) is 16.0 Å². The molecule has 6 nitrogen and oxygen atoms in total. The van der Waals surface area contributed by atoms with Gasteiger partial charge in [0.15, 0.2) is 5.13 Å². The summed E-state index contributed by atoms with van der Waals surface area (Å²) in [7, 11) is 0. The number of carbonyl (C=O) groups is 2. The smallest absolute Gasteiger partial charge is 0.231 e. The number of rotatable bonds is 5. The number of hydrogen-bond acceptors (Lipinski definition) is 4. The lowest BCUT2D eigenvalue weighted by Gasteiger charge is -2.16. The number of amides is 2. The number of benzene rings is 1. The normalized spacial score (nSPS) is 17.2. The summed E-state index contributed by atoms with van der Waals surface area (Å²) in [5.41, 5.74) is 1.83. The molecule has 2 aromatic heterocycles. The molecular formula is C18H17FN4O2S. The number of halogens is 1. The Bertz CT molecular complexity index is 953. The van der Waals surface area contributed by atoms with Crippen molar-refractivity contribution in [2.75, 3.05) is 18.4 Å². The minimum Gasteiger partial charge on any atom is -0.361 e. The first kappa shape index (κ1) is 16.7. The number of thiazole rings is 1. The summed E-state index contributed by atoms with van der Waals surface area (Å²) in [6.45, 7) is 0.899.